The number of nitrogens with one attached hydrogen (secondary N) is 1. The maximum atomic E-state index is 12.4. The average Bonchev–Trinajstić information content (AvgIpc) is 3.17. The molecule has 0 unspecified atom stereocenters. The number of carbonyl (C=O) groups excluding carboxylic acids is 1. The Morgan fingerprint density at radius 3 is 2.47 bits per heavy atom. The maximum absolute atomic E-state index is 12.4. The quantitative estimate of drug-likeness (QED) is 0.142. The van der Waals surface area contributed by atoms with Crippen molar-refractivity contribution >= 4 is 34.1 Å². The molecule has 1 N–H and O–H groups in total. The van der Waals surface area contributed by atoms with Gasteiger partial charge in [-0.25, -0.2) is 4.79 Å². The third-order valence-electron chi connectivity index (χ3n) is 4.19. The summed E-state index contributed by atoms with van der Waals surface area (Å²) in [6, 6.07) is 13.0. The van der Waals surface area contributed by atoms with E-state index in [9.17, 15) is 14.9 Å². The molecule has 2 aromatic carbocycles. The van der Waals surface area contributed by atoms with Crippen LogP contribution in [0.15, 0.2) is 58.8 Å². The minimum Gasteiger partial charge on any atom is -0.497 e. The number of rotatable bonds is 7. The van der Waals surface area contributed by atoms with Crippen LogP contribution in [-0.4, -0.2) is 44.4 Å². The fourth-order valence-electron chi connectivity index (χ4n) is 2.56. The molecule has 12 heteroatoms. The Bertz CT molecular complexity index is 1130. The number of hydrogen-bond acceptors (Lipinski definition) is 10. The number of esters is 1. The Hall–Kier alpha value is -3.93. The zero-order chi connectivity index (χ0) is 23.1. The second-order valence-electron chi connectivity index (χ2n) is 6.25. The Balaban J connectivity index is 1.82. The molecule has 0 aliphatic carbocycles. The zero-order valence-electron chi connectivity index (χ0n) is 17.5. The first-order valence-electron chi connectivity index (χ1n) is 9.39. The summed E-state index contributed by atoms with van der Waals surface area (Å²) in [5.74, 6) is 0.683. The highest BCUT2D eigenvalue weighted by molar-refractivity contribution is 8.15. The molecule has 1 heterocycles. The number of hydrazone groups is 1. The lowest BCUT2D eigenvalue weighted by atomic mass is 10.2. The van der Waals surface area contributed by atoms with Gasteiger partial charge in [0.2, 0.25) is 5.04 Å². The molecule has 0 aliphatic heterocycles. The number of anilines is 1. The predicted octanol–water partition coefficient (Wildman–Crippen LogP) is 3.48. The van der Waals surface area contributed by atoms with Gasteiger partial charge in [-0.2, -0.15) is 5.10 Å². The Morgan fingerprint density at radius 2 is 1.88 bits per heavy atom. The lowest BCUT2D eigenvalue weighted by molar-refractivity contribution is -0.384. The molecule has 166 valence electrons. The topological polar surface area (TPSA) is 134 Å². The number of carbonyl (C=O) groups is 1. The Kier molecular flexibility index (Phi) is 7.39. The van der Waals surface area contributed by atoms with Crippen molar-refractivity contribution in [2.75, 3.05) is 19.1 Å². The lowest BCUT2D eigenvalue weighted by Gasteiger charge is -2.07. The van der Waals surface area contributed by atoms with Gasteiger partial charge in [-0.3, -0.25) is 15.5 Å². The van der Waals surface area contributed by atoms with Gasteiger partial charge in [0, 0.05) is 24.7 Å². The number of nitrogens with zero attached hydrogens (tertiary/aromatic N) is 5. The number of benzene rings is 2. The summed E-state index contributed by atoms with van der Waals surface area (Å²) < 4.78 is 12.0. The van der Waals surface area contributed by atoms with Crippen molar-refractivity contribution in [3.63, 3.8) is 0 Å². The molecule has 0 atom stereocenters. The van der Waals surface area contributed by atoms with E-state index in [0.717, 1.165) is 23.1 Å². The van der Waals surface area contributed by atoms with Crippen molar-refractivity contribution in [3.8, 4) is 17.1 Å². The molecule has 11 nitrogen and oxygen atoms in total. The standard InChI is InChI=1S/C20H20N6O5S/c1-4-31-19(27)18(23-21-14-7-9-15(10-8-14)26(28)29)32-20-24-22-17(25(20)2)13-5-11-16(30-3)12-6-13/h5-12,21H,4H2,1-3H3. The van der Waals surface area contributed by atoms with Gasteiger partial charge in [0.05, 0.1) is 24.3 Å². The molecule has 0 fully saturated rings. The summed E-state index contributed by atoms with van der Waals surface area (Å²) >= 11 is 0.983. The number of aromatic nitrogens is 3. The smallest absolute Gasteiger partial charge is 0.365 e. The van der Waals surface area contributed by atoms with Gasteiger partial charge in [0.15, 0.2) is 11.0 Å². The number of methoxy groups -OCH3 is 1. The fourth-order valence-corrected chi connectivity index (χ4v) is 3.27. The number of nitro groups is 1. The number of non-ortho nitro benzene ring substituents is 1. The maximum Gasteiger partial charge on any atom is 0.365 e. The van der Waals surface area contributed by atoms with Gasteiger partial charge >= 0.3 is 5.97 Å². The summed E-state index contributed by atoms with van der Waals surface area (Å²) in [6.07, 6.45) is 0. The van der Waals surface area contributed by atoms with Crippen molar-refractivity contribution in [2.45, 2.75) is 12.1 Å². The minimum absolute atomic E-state index is 0.00184. The van der Waals surface area contributed by atoms with Gasteiger partial charge < -0.3 is 14.0 Å². The molecular formula is C20H20N6O5S. The van der Waals surface area contributed by atoms with E-state index in [-0.39, 0.29) is 17.3 Å². The van der Waals surface area contributed by atoms with Crippen LogP contribution in [0.3, 0.4) is 0 Å². The SMILES string of the molecule is CCOC(=O)C(=NNc1ccc([N+](=O)[O-])cc1)Sc1nnc(-c2ccc(OC)cc2)n1C. The Morgan fingerprint density at radius 1 is 1.19 bits per heavy atom. The monoisotopic (exact) mass is 456 g/mol. The van der Waals surface area contributed by atoms with E-state index in [1.54, 1.807) is 25.6 Å². The van der Waals surface area contributed by atoms with E-state index in [4.69, 9.17) is 9.47 Å². The molecule has 0 bridgehead atoms. The van der Waals surface area contributed by atoms with Crippen molar-refractivity contribution < 1.29 is 19.2 Å². The number of thioether (sulfide) groups is 1. The third kappa shape index (κ3) is 5.40. The highest BCUT2D eigenvalue weighted by Crippen LogP contribution is 2.26. The first kappa shape index (κ1) is 22.7. The third-order valence-corrected chi connectivity index (χ3v) is 5.18. The van der Waals surface area contributed by atoms with Gasteiger partial charge in [-0.1, -0.05) is 0 Å². The molecule has 3 aromatic rings. The van der Waals surface area contributed by atoms with Gasteiger partial charge in [0.25, 0.3) is 5.69 Å². The van der Waals surface area contributed by atoms with Crippen molar-refractivity contribution in [1.29, 1.82) is 0 Å². The minimum atomic E-state index is -0.638. The zero-order valence-corrected chi connectivity index (χ0v) is 18.3. The summed E-state index contributed by atoms with van der Waals surface area (Å²) in [4.78, 5) is 22.7. The van der Waals surface area contributed by atoms with E-state index >= 15 is 0 Å². The molecule has 32 heavy (non-hydrogen) atoms. The van der Waals surface area contributed by atoms with Crippen molar-refractivity contribution in [1.82, 2.24) is 14.8 Å². The van der Waals surface area contributed by atoms with E-state index < -0.39 is 10.9 Å². The van der Waals surface area contributed by atoms with Crippen LogP contribution in [-0.2, 0) is 16.6 Å². The van der Waals surface area contributed by atoms with Crippen LogP contribution in [0.4, 0.5) is 11.4 Å². The molecule has 1 aromatic heterocycles. The van der Waals surface area contributed by atoms with E-state index in [0.29, 0.717) is 16.7 Å². The first-order chi connectivity index (χ1) is 15.4. The van der Waals surface area contributed by atoms with Crippen molar-refractivity contribution in [3.05, 3.63) is 58.6 Å². The molecular weight excluding hydrogens is 436 g/mol. The normalized spacial score (nSPS) is 11.2. The predicted molar refractivity (Wildman–Crippen MR) is 120 cm³/mol. The highest BCUT2D eigenvalue weighted by Gasteiger charge is 2.20. The van der Waals surface area contributed by atoms with Crippen LogP contribution in [0.2, 0.25) is 0 Å². The molecule has 0 saturated carbocycles. The van der Waals surface area contributed by atoms with Crippen LogP contribution in [0.25, 0.3) is 11.4 Å². The van der Waals surface area contributed by atoms with E-state index in [1.165, 1.54) is 24.3 Å². The molecule has 0 radical (unpaired) electrons. The van der Waals surface area contributed by atoms with Crippen molar-refractivity contribution in [2.24, 2.45) is 12.1 Å². The van der Waals surface area contributed by atoms with E-state index in [1.807, 2.05) is 24.3 Å². The highest BCUT2D eigenvalue weighted by atomic mass is 32.2. The molecule has 0 amide bonds. The van der Waals surface area contributed by atoms with Gasteiger partial charge in [-0.15, -0.1) is 10.2 Å². The largest absolute Gasteiger partial charge is 0.497 e. The first-order valence-corrected chi connectivity index (χ1v) is 10.2. The summed E-state index contributed by atoms with van der Waals surface area (Å²) in [5.41, 5.74) is 3.95. The van der Waals surface area contributed by atoms with Gasteiger partial charge in [0.1, 0.15) is 5.75 Å². The number of hydrogen-bond donors (Lipinski definition) is 1. The molecule has 0 aliphatic rings. The van der Waals surface area contributed by atoms with E-state index in [2.05, 4.69) is 20.7 Å². The molecule has 0 spiro atoms. The fraction of sp³-hybridized carbons (Fsp3) is 0.200. The van der Waals surface area contributed by atoms with Crippen LogP contribution in [0, 0.1) is 10.1 Å². The van der Waals surface area contributed by atoms with Crippen LogP contribution in [0.1, 0.15) is 6.92 Å². The summed E-state index contributed by atoms with van der Waals surface area (Å²) in [5, 5.41) is 23.7. The van der Waals surface area contributed by atoms with Crippen LogP contribution >= 0.6 is 11.8 Å². The van der Waals surface area contributed by atoms with Crippen LogP contribution in [0.5, 0.6) is 5.75 Å². The second-order valence-corrected chi connectivity index (χ2v) is 7.20. The lowest BCUT2D eigenvalue weighted by Crippen LogP contribution is -2.16. The number of ether oxygens (including phenoxy) is 2. The van der Waals surface area contributed by atoms with Crippen LogP contribution < -0.4 is 10.2 Å². The molecule has 3 rings (SSSR count). The number of nitro benzene ring substituents is 1. The molecule has 0 saturated heterocycles. The average molecular weight is 456 g/mol. The summed E-state index contributed by atoms with van der Waals surface area (Å²) in [7, 11) is 3.36. The summed E-state index contributed by atoms with van der Waals surface area (Å²) in [6.45, 7) is 1.86. The van der Waals surface area contributed by atoms with Gasteiger partial charge in [-0.05, 0) is 55.1 Å². The Labute approximate surface area is 187 Å². The second kappa shape index (κ2) is 10.4.